The van der Waals surface area contributed by atoms with Gasteiger partial charge in [0.15, 0.2) is 13.2 Å². The largest absolute Gasteiger partial charge is 0.480 e. The normalized spacial score (nSPS) is 10.2. The monoisotopic (exact) mass is 381 g/mol. The van der Waals surface area contributed by atoms with Crippen LogP contribution < -0.4 is 10.1 Å². The van der Waals surface area contributed by atoms with Crippen LogP contribution in [0.4, 0.5) is 5.69 Å². The van der Waals surface area contributed by atoms with E-state index in [2.05, 4.69) is 5.32 Å². The molecule has 2 rings (SSSR count). The van der Waals surface area contributed by atoms with Crippen molar-refractivity contribution in [1.82, 2.24) is 0 Å². The van der Waals surface area contributed by atoms with Crippen molar-refractivity contribution in [3.05, 3.63) is 57.6 Å². The number of hydrogen-bond acceptors (Lipinski definition) is 4. The molecular formula is C18H17Cl2NO4. The number of benzene rings is 2. The zero-order valence-corrected chi connectivity index (χ0v) is 15.3. The number of amides is 1. The van der Waals surface area contributed by atoms with E-state index in [0.717, 1.165) is 11.1 Å². The van der Waals surface area contributed by atoms with Crippen LogP contribution in [0.1, 0.15) is 11.1 Å². The van der Waals surface area contributed by atoms with Gasteiger partial charge in [-0.15, -0.1) is 0 Å². The van der Waals surface area contributed by atoms with Crippen LogP contribution in [-0.4, -0.2) is 25.1 Å². The third-order valence-corrected chi connectivity index (χ3v) is 3.82. The predicted molar refractivity (Wildman–Crippen MR) is 97.5 cm³/mol. The van der Waals surface area contributed by atoms with E-state index >= 15 is 0 Å². The fourth-order valence-electron chi connectivity index (χ4n) is 1.95. The van der Waals surface area contributed by atoms with E-state index in [4.69, 9.17) is 32.7 Å². The van der Waals surface area contributed by atoms with Crippen LogP contribution in [-0.2, 0) is 14.3 Å². The molecule has 1 N–H and O–H groups in total. The lowest BCUT2D eigenvalue weighted by Crippen LogP contribution is -2.23. The van der Waals surface area contributed by atoms with Gasteiger partial charge in [0.2, 0.25) is 0 Å². The Kier molecular flexibility index (Phi) is 6.67. The van der Waals surface area contributed by atoms with Gasteiger partial charge < -0.3 is 14.8 Å². The average Bonchev–Trinajstić information content (AvgIpc) is 2.56. The first-order valence-electron chi connectivity index (χ1n) is 7.45. The molecule has 0 fully saturated rings. The first-order valence-corrected chi connectivity index (χ1v) is 8.21. The molecular weight excluding hydrogens is 365 g/mol. The lowest BCUT2D eigenvalue weighted by molar-refractivity contribution is -0.149. The van der Waals surface area contributed by atoms with E-state index < -0.39 is 18.5 Å². The summed E-state index contributed by atoms with van der Waals surface area (Å²) < 4.78 is 10.2. The Hall–Kier alpha value is -2.24. The Labute approximate surface area is 155 Å². The minimum absolute atomic E-state index is 0.345. The van der Waals surface area contributed by atoms with Gasteiger partial charge >= 0.3 is 5.97 Å². The molecule has 0 radical (unpaired) electrons. The van der Waals surface area contributed by atoms with Crippen LogP contribution in [0.25, 0.3) is 0 Å². The summed E-state index contributed by atoms with van der Waals surface area (Å²) in [7, 11) is 0. The van der Waals surface area contributed by atoms with Gasteiger partial charge in [-0.25, -0.2) is 4.79 Å². The maximum absolute atomic E-state index is 11.8. The summed E-state index contributed by atoms with van der Waals surface area (Å²) in [5.74, 6) is -0.787. The molecule has 25 heavy (non-hydrogen) atoms. The zero-order chi connectivity index (χ0) is 18.4. The molecule has 132 valence electrons. The highest BCUT2D eigenvalue weighted by Crippen LogP contribution is 2.25. The highest BCUT2D eigenvalue weighted by Gasteiger charge is 2.11. The Morgan fingerprint density at radius 3 is 2.36 bits per heavy atom. The summed E-state index contributed by atoms with van der Waals surface area (Å²) in [5.41, 5.74) is 2.37. The summed E-state index contributed by atoms with van der Waals surface area (Å²) in [6, 6.07) is 10.4. The van der Waals surface area contributed by atoms with E-state index in [0.29, 0.717) is 21.5 Å². The van der Waals surface area contributed by atoms with Crippen LogP contribution in [0.5, 0.6) is 5.75 Å². The molecule has 0 aliphatic heterocycles. The third kappa shape index (κ3) is 5.96. The second-order valence-corrected chi connectivity index (χ2v) is 6.23. The molecule has 0 saturated carbocycles. The minimum atomic E-state index is -0.678. The number of rotatable bonds is 6. The number of hydrogen-bond donors (Lipinski definition) is 1. The summed E-state index contributed by atoms with van der Waals surface area (Å²) in [6.07, 6.45) is 0. The molecule has 0 spiro atoms. The number of esters is 1. The van der Waals surface area contributed by atoms with E-state index in [1.165, 1.54) is 0 Å². The Morgan fingerprint density at radius 2 is 1.64 bits per heavy atom. The van der Waals surface area contributed by atoms with Crippen molar-refractivity contribution in [2.45, 2.75) is 13.8 Å². The van der Waals surface area contributed by atoms with E-state index in [1.807, 2.05) is 26.0 Å². The molecule has 0 unspecified atom stereocenters. The second kappa shape index (κ2) is 8.74. The first kappa shape index (κ1) is 19.1. The highest BCUT2D eigenvalue weighted by atomic mass is 35.5. The average molecular weight is 382 g/mol. The van der Waals surface area contributed by atoms with Gasteiger partial charge in [-0.05, 0) is 49.2 Å². The molecule has 0 saturated heterocycles. The van der Waals surface area contributed by atoms with Crippen molar-refractivity contribution in [3.8, 4) is 5.75 Å². The van der Waals surface area contributed by atoms with Crippen molar-refractivity contribution in [3.63, 3.8) is 0 Å². The maximum Gasteiger partial charge on any atom is 0.344 e. The summed E-state index contributed by atoms with van der Waals surface area (Å²) in [5, 5.41) is 3.38. The van der Waals surface area contributed by atoms with Gasteiger partial charge in [0.05, 0.1) is 15.7 Å². The smallest absolute Gasteiger partial charge is 0.344 e. The van der Waals surface area contributed by atoms with Gasteiger partial charge in [-0.3, -0.25) is 4.79 Å². The molecule has 0 heterocycles. The van der Waals surface area contributed by atoms with Crippen molar-refractivity contribution in [1.29, 1.82) is 0 Å². The summed E-state index contributed by atoms with van der Waals surface area (Å²) in [6.45, 7) is 2.98. The van der Waals surface area contributed by atoms with Crippen LogP contribution in [0.15, 0.2) is 36.4 Å². The van der Waals surface area contributed by atoms with Crippen LogP contribution in [0.3, 0.4) is 0 Å². The standard InChI is InChI=1S/C18H17Cl2NO4/c1-11-4-6-15(14(20)7-11)21-17(22)9-25-18(23)10-24-16-8-12(2)3-5-13(16)19/h3-8H,9-10H2,1-2H3,(H,21,22). The molecule has 1 amide bonds. The summed E-state index contributed by atoms with van der Waals surface area (Å²) >= 11 is 12.0. The minimum Gasteiger partial charge on any atom is -0.480 e. The van der Waals surface area contributed by atoms with Crippen LogP contribution >= 0.6 is 23.2 Å². The summed E-state index contributed by atoms with van der Waals surface area (Å²) in [4.78, 5) is 23.5. The SMILES string of the molecule is Cc1ccc(NC(=O)COC(=O)COc2cc(C)ccc2Cl)c(Cl)c1. The van der Waals surface area contributed by atoms with Crippen LogP contribution in [0.2, 0.25) is 10.0 Å². The first-order chi connectivity index (χ1) is 11.8. The molecule has 2 aromatic carbocycles. The van der Waals surface area contributed by atoms with Crippen molar-refractivity contribution >= 4 is 40.8 Å². The number of anilines is 1. The van der Waals surface area contributed by atoms with Crippen molar-refractivity contribution < 1.29 is 19.1 Å². The van der Waals surface area contributed by atoms with Gasteiger partial charge in [-0.2, -0.15) is 0 Å². The van der Waals surface area contributed by atoms with E-state index in [9.17, 15) is 9.59 Å². The number of carbonyl (C=O) groups excluding carboxylic acids is 2. The fourth-order valence-corrected chi connectivity index (χ4v) is 2.41. The third-order valence-electron chi connectivity index (χ3n) is 3.20. The van der Waals surface area contributed by atoms with Crippen molar-refractivity contribution in [2.75, 3.05) is 18.5 Å². The molecule has 0 aliphatic carbocycles. The quantitative estimate of drug-likeness (QED) is 0.762. The van der Waals surface area contributed by atoms with E-state index in [1.54, 1.807) is 24.3 Å². The second-order valence-electron chi connectivity index (χ2n) is 5.41. The van der Waals surface area contributed by atoms with Crippen molar-refractivity contribution in [2.24, 2.45) is 0 Å². The van der Waals surface area contributed by atoms with Gasteiger partial charge in [0.25, 0.3) is 5.91 Å². The maximum atomic E-state index is 11.8. The molecule has 0 atom stereocenters. The van der Waals surface area contributed by atoms with Gasteiger partial charge in [0, 0.05) is 0 Å². The number of halogens is 2. The Balaban J connectivity index is 1.79. The molecule has 7 heteroatoms. The van der Waals surface area contributed by atoms with Gasteiger partial charge in [0.1, 0.15) is 5.75 Å². The predicted octanol–water partition coefficient (Wildman–Crippen LogP) is 4.17. The number of ether oxygens (including phenoxy) is 2. The van der Waals surface area contributed by atoms with Gasteiger partial charge in [-0.1, -0.05) is 35.3 Å². The lowest BCUT2D eigenvalue weighted by Gasteiger charge is -2.10. The zero-order valence-electron chi connectivity index (χ0n) is 13.8. The highest BCUT2D eigenvalue weighted by molar-refractivity contribution is 6.33. The molecule has 0 bridgehead atoms. The molecule has 0 aromatic heterocycles. The fraction of sp³-hybridized carbons (Fsp3) is 0.222. The molecule has 2 aromatic rings. The lowest BCUT2D eigenvalue weighted by atomic mass is 10.2. The topological polar surface area (TPSA) is 64.6 Å². The van der Waals surface area contributed by atoms with Crippen LogP contribution in [0, 0.1) is 13.8 Å². The molecule has 0 aliphatic rings. The van der Waals surface area contributed by atoms with E-state index in [-0.39, 0.29) is 6.61 Å². The Bertz CT molecular complexity index is 793. The number of nitrogens with one attached hydrogen (secondary N) is 1. The Morgan fingerprint density at radius 1 is 0.960 bits per heavy atom. The molecule has 5 nitrogen and oxygen atoms in total. The number of aryl methyl sites for hydroxylation is 2. The number of carbonyl (C=O) groups is 2.